The average molecular weight is 216 g/mol. The Morgan fingerprint density at radius 3 is 2.79 bits per heavy atom. The van der Waals surface area contributed by atoms with Crippen LogP contribution in [-0.4, -0.2) is 48.1 Å². The second kappa shape index (κ2) is 5.38. The summed E-state index contributed by atoms with van der Waals surface area (Å²) < 4.78 is 0. The third-order valence-electron chi connectivity index (χ3n) is 3.18. The number of hydrogen-bond acceptors (Lipinski definition) is 3. The molecule has 3 heteroatoms. The van der Waals surface area contributed by atoms with E-state index < -0.39 is 0 Å². The minimum absolute atomic E-state index is 0.335. The molecule has 1 fully saturated rings. The number of hydrogen-bond donors (Lipinski definition) is 1. The minimum Gasteiger partial charge on any atom is -0.311 e. The van der Waals surface area contributed by atoms with Crippen molar-refractivity contribution in [2.75, 3.05) is 31.6 Å². The van der Waals surface area contributed by atoms with Gasteiger partial charge in [-0.05, 0) is 26.5 Å². The van der Waals surface area contributed by atoms with E-state index in [4.69, 9.17) is 0 Å². The number of rotatable bonds is 4. The maximum absolute atomic E-state index is 3.62. The van der Waals surface area contributed by atoms with Crippen LogP contribution in [0, 0.1) is 0 Å². The number of nitrogens with one attached hydrogen (secondary N) is 1. The molecule has 84 valence electrons. The smallest absolute Gasteiger partial charge is 0.0278 e. The summed E-state index contributed by atoms with van der Waals surface area (Å²) in [7, 11) is 0. The van der Waals surface area contributed by atoms with E-state index in [9.17, 15) is 0 Å². The Kier molecular flexibility index (Phi) is 4.74. The van der Waals surface area contributed by atoms with Gasteiger partial charge in [0.1, 0.15) is 0 Å². The minimum atomic E-state index is 0.335. The van der Waals surface area contributed by atoms with Gasteiger partial charge >= 0.3 is 0 Å². The molecule has 1 heterocycles. The summed E-state index contributed by atoms with van der Waals surface area (Å²) >= 11 is 1.94. The lowest BCUT2D eigenvalue weighted by molar-refractivity contribution is 0.0721. The van der Waals surface area contributed by atoms with Gasteiger partial charge in [-0.25, -0.2) is 0 Å². The SMILES string of the molecule is CCC1CN(CCSC)C(C)(C)CN1. The molecule has 0 aromatic carbocycles. The first kappa shape index (κ1) is 12.3. The van der Waals surface area contributed by atoms with Crippen LogP contribution in [0.1, 0.15) is 27.2 Å². The molecule has 0 spiro atoms. The number of nitrogens with zero attached hydrogens (tertiary/aromatic N) is 1. The third-order valence-corrected chi connectivity index (χ3v) is 3.77. The molecule has 2 nitrogen and oxygen atoms in total. The quantitative estimate of drug-likeness (QED) is 0.771. The van der Waals surface area contributed by atoms with Crippen molar-refractivity contribution >= 4 is 11.8 Å². The molecule has 0 aromatic rings. The van der Waals surface area contributed by atoms with Gasteiger partial charge in [-0.3, -0.25) is 4.90 Å². The van der Waals surface area contributed by atoms with Crippen LogP contribution in [0.25, 0.3) is 0 Å². The van der Waals surface area contributed by atoms with E-state index in [2.05, 4.69) is 37.2 Å². The molecule has 1 saturated heterocycles. The van der Waals surface area contributed by atoms with E-state index in [0.717, 1.165) is 6.54 Å². The van der Waals surface area contributed by atoms with Crippen molar-refractivity contribution in [3.63, 3.8) is 0 Å². The normalized spacial score (nSPS) is 27.9. The van der Waals surface area contributed by atoms with E-state index in [0.29, 0.717) is 11.6 Å². The standard InChI is InChI=1S/C11H24N2S/c1-5-10-8-13(6-7-14-4)11(2,3)9-12-10/h10,12H,5-9H2,1-4H3. The molecule has 0 aliphatic carbocycles. The lowest BCUT2D eigenvalue weighted by Crippen LogP contribution is -2.62. The molecule has 0 saturated carbocycles. The van der Waals surface area contributed by atoms with Crippen LogP contribution in [0.2, 0.25) is 0 Å². The van der Waals surface area contributed by atoms with Gasteiger partial charge in [-0.15, -0.1) is 0 Å². The maximum atomic E-state index is 3.62. The molecular formula is C11H24N2S. The van der Waals surface area contributed by atoms with Gasteiger partial charge in [0.15, 0.2) is 0 Å². The van der Waals surface area contributed by atoms with Crippen molar-refractivity contribution in [2.45, 2.75) is 38.8 Å². The zero-order valence-corrected chi connectivity index (χ0v) is 10.8. The van der Waals surface area contributed by atoms with Crippen molar-refractivity contribution in [1.29, 1.82) is 0 Å². The van der Waals surface area contributed by atoms with Crippen LogP contribution in [0.4, 0.5) is 0 Å². The molecule has 14 heavy (non-hydrogen) atoms. The molecule has 0 amide bonds. The maximum Gasteiger partial charge on any atom is 0.0278 e. The van der Waals surface area contributed by atoms with Crippen molar-refractivity contribution in [1.82, 2.24) is 10.2 Å². The molecule has 1 rings (SSSR count). The zero-order chi connectivity index (χ0) is 10.6. The summed E-state index contributed by atoms with van der Waals surface area (Å²) in [6.45, 7) is 10.5. The van der Waals surface area contributed by atoms with Crippen LogP contribution >= 0.6 is 11.8 Å². The van der Waals surface area contributed by atoms with Crippen LogP contribution < -0.4 is 5.32 Å². The second-order valence-electron chi connectivity index (χ2n) is 4.74. The second-order valence-corrected chi connectivity index (χ2v) is 5.72. The van der Waals surface area contributed by atoms with E-state index >= 15 is 0 Å². The Morgan fingerprint density at radius 2 is 2.21 bits per heavy atom. The van der Waals surface area contributed by atoms with Gasteiger partial charge in [0.25, 0.3) is 0 Å². The summed E-state index contributed by atoms with van der Waals surface area (Å²) in [4.78, 5) is 2.63. The Hall–Kier alpha value is 0.270. The first-order valence-corrected chi connectivity index (χ1v) is 6.97. The van der Waals surface area contributed by atoms with Crippen LogP contribution in [0.3, 0.4) is 0 Å². The van der Waals surface area contributed by atoms with Crippen molar-refractivity contribution < 1.29 is 0 Å². The topological polar surface area (TPSA) is 15.3 Å². The summed E-state index contributed by atoms with van der Waals surface area (Å²) in [6.07, 6.45) is 3.43. The molecule has 1 N–H and O–H groups in total. The Morgan fingerprint density at radius 1 is 1.50 bits per heavy atom. The lowest BCUT2D eigenvalue weighted by Gasteiger charge is -2.46. The molecule has 1 unspecified atom stereocenters. The van der Waals surface area contributed by atoms with Gasteiger partial charge in [0, 0.05) is 37.0 Å². The Labute approximate surface area is 92.8 Å². The molecular weight excluding hydrogens is 192 g/mol. The fourth-order valence-electron chi connectivity index (χ4n) is 1.95. The highest BCUT2D eigenvalue weighted by atomic mass is 32.2. The monoisotopic (exact) mass is 216 g/mol. The number of piperazine rings is 1. The van der Waals surface area contributed by atoms with Gasteiger partial charge in [-0.2, -0.15) is 11.8 Å². The Bertz CT molecular complexity index is 171. The largest absolute Gasteiger partial charge is 0.311 e. The number of thioether (sulfide) groups is 1. The fourth-order valence-corrected chi connectivity index (χ4v) is 2.36. The predicted molar refractivity (Wildman–Crippen MR) is 66.1 cm³/mol. The predicted octanol–water partition coefficient (Wildman–Crippen LogP) is 1.81. The van der Waals surface area contributed by atoms with E-state index in [-0.39, 0.29) is 0 Å². The highest BCUT2D eigenvalue weighted by Crippen LogP contribution is 2.19. The summed E-state index contributed by atoms with van der Waals surface area (Å²) in [5, 5.41) is 3.62. The summed E-state index contributed by atoms with van der Waals surface area (Å²) in [6, 6.07) is 0.699. The van der Waals surface area contributed by atoms with Crippen LogP contribution in [0.5, 0.6) is 0 Å². The van der Waals surface area contributed by atoms with Gasteiger partial charge in [-0.1, -0.05) is 6.92 Å². The summed E-state index contributed by atoms with van der Waals surface area (Å²) in [5.41, 5.74) is 0.335. The van der Waals surface area contributed by atoms with Crippen molar-refractivity contribution in [3.05, 3.63) is 0 Å². The highest BCUT2D eigenvalue weighted by molar-refractivity contribution is 7.98. The van der Waals surface area contributed by atoms with E-state index in [1.807, 2.05) is 11.8 Å². The molecule has 0 aromatic heterocycles. The average Bonchev–Trinajstić information content (AvgIpc) is 2.16. The lowest BCUT2D eigenvalue weighted by atomic mass is 9.97. The van der Waals surface area contributed by atoms with Crippen LogP contribution in [0.15, 0.2) is 0 Å². The molecule has 1 aliphatic rings. The first-order valence-electron chi connectivity index (χ1n) is 5.57. The summed E-state index contributed by atoms with van der Waals surface area (Å²) in [5.74, 6) is 1.25. The van der Waals surface area contributed by atoms with Gasteiger partial charge < -0.3 is 5.32 Å². The van der Waals surface area contributed by atoms with Crippen molar-refractivity contribution in [3.8, 4) is 0 Å². The molecule has 1 atom stereocenters. The third kappa shape index (κ3) is 3.14. The van der Waals surface area contributed by atoms with E-state index in [1.165, 1.54) is 25.3 Å². The van der Waals surface area contributed by atoms with Gasteiger partial charge in [0.2, 0.25) is 0 Å². The zero-order valence-electron chi connectivity index (χ0n) is 9.97. The molecule has 1 aliphatic heterocycles. The molecule has 0 radical (unpaired) electrons. The van der Waals surface area contributed by atoms with Gasteiger partial charge in [0.05, 0.1) is 0 Å². The Balaban J connectivity index is 2.48. The fraction of sp³-hybridized carbons (Fsp3) is 1.00. The van der Waals surface area contributed by atoms with Crippen molar-refractivity contribution in [2.24, 2.45) is 0 Å². The molecule has 0 bridgehead atoms. The van der Waals surface area contributed by atoms with Crippen LogP contribution in [-0.2, 0) is 0 Å². The van der Waals surface area contributed by atoms with E-state index in [1.54, 1.807) is 0 Å². The first-order chi connectivity index (χ1) is 6.60. The highest BCUT2D eigenvalue weighted by Gasteiger charge is 2.32.